The van der Waals surface area contributed by atoms with Crippen LogP contribution in [0.1, 0.15) is 54.4 Å². The molecule has 0 saturated heterocycles. The molecule has 1 saturated carbocycles. The lowest BCUT2D eigenvalue weighted by Gasteiger charge is -2.21. The Morgan fingerprint density at radius 3 is 2.80 bits per heavy atom. The maximum absolute atomic E-state index is 11.7. The number of esters is 1. The topological polar surface area (TPSA) is 50.4 Å². The number of anilines is 1. The summed E-state index contributed by atoms with van der Waals surface area (Å²) in [6, 6.07) is 5.49. The number of rotatable bonds is 7. The summed E-state index contributed by atoms with van der Waals surface area (Å²) in [6.45, 7) is 2.75. The van der Waals surface area contributed by atoms with E-state index in [-0.39, 0.29) is 5.97 Å². The molecule has 2 rings (SSSR count). The molecule has 0 heterocycles. The molecular formula is C19H28N2O2S2. The van der Waals surface area contributed by atoms with Gasteiger partial charge in [-0.25, -0.2) is 4.79 Å². The van der Waals surface area contributed by atoms with Gasteiger partial charge < -0.3 is 15.4 Å². The molecule has 0 aliphatic heterocycles. The maximum Gasteiger partial charge on any atom is 0.338 e. The zero-order chi connectivity index (χ0) is 18.1. The summed E-state index contributed by atoms with van der Waals surface area (Å²) >= 11 is 7.47. The molecule has 0 spiro atoms. The van der Waals surface area contributed by atoms with Gasteiger partial charge in [0.2, 0.25) is 0 Å². The quantitative estimate of drug-likeness (QED) is 0.412. The van der Waals surface area contributed by atoms with Gasteiger partial charge in [-0.1, -0.05) is 25.3 Å². The molecule has 1 aromatic rings. The van der Waals surface area contributed by atoms with Gasteiger partial charge in [0.1, 0.15) is 0 Å². The molecule has 6 heteroatoms. The van der Waals surface area contributed by atoms with Crippen molar-refractivity contribution < 1.29 is 9.53 Å². The monoisotopic (exact) mass is 380 g/mol. The third-order valence-corrected chi connectivity index (χ3v) is 6.21. The van der Waals surface area contributed by atoms with Crippen LogP contribution in [0.5, 0.6) is 0 Å². The smallest absolute Gasteiger partial charge is 0.338 e. The van der Waals surface area contributed by atoms with E-state index in [1.807, 2.05) is 19.1 Å². The molecule has 0 unspecified atom stereocenters. The van der Waals surface area contributed by atoms with Gasteiger partial charge in [0.15, 0.2) is 5.11 Å². The molecule has 25 heavy (non-hydrogen) atoms. The van der Waals surface area contributed by atoms with Crippen LogP contribution in [0.25, 0.3) is 0 Å². The van der Waals surface area contributed by atoms with Crippen LogP contribution in [0.15, 0.2) is 18.2 Å². The van der Waals surface area contributed by atoms with E-state index in [1.165, 1.54) is 45.0 Å². The highest BCUT2D eigenvalue weighted by Crippen LogP contribution is 2.28. The average Bonchev–Trinajstić information content (AvgIpc) is 2.63. The highest BCUT2D eigenvalue weighted by Gasteiger charge is 2.14. The Labute approximate surface area is 160 Å². The first-order valence-corrected chi connectivity index (χ1v) is 10.4. The molecule has 0 radical (unpaired) electrons. The molecule has 1 aliphatic carbocycles. The van der Waals surface area contributed by atoms with Crippen LogP contribution in [0.2, 0.25) is 0 Å². The fourth-order valence-corrected chi connectivity index (χ4v) is 4.55. The number of thiocarbonyl (C=S) groups is 1. The lowest BCUT2D eigenvalue weighted by molar-refractivity contribution is 0.0600. The third-order valence-electron chi connectivity index (χ3n) is 4.50. The molecule has 0 bridgehead atoms. The van der Waals surface area contributed by atoms with Crippen LogP contribution >= 0.6 is 24.0 Å². The second-order valence-electron chi connectivity index (χ2n) is 6.33. The Bertz CT molecular complexity index is 587. The molecule has 2 N–H and O–H groups in total. The SMILES string of the molecule is COC(=O)c1cccc(NC(=S)NCCCSC2CCCCC2)c1C. The van der Waals surface area contributed by atoms with Crippen molar-refractivity contribution in [1.82, 2.24) is 5.32 Å². The number of thioether (sulfide) groups is 1. The number of ether oxygens (including phenoxy) is 1. The van der Waals surface area contributed by atoms with E-state index in [2.05, 4.69) is 22.4 Å². The van der Waals surface area contributed by atoms with E-state index in [1.54, 1.807) is 6.07 Å². The Balaban J connectivity index is 1.70. The number of methoxy groups -OCH3 is 1. The fraction of sp³-hybridized carbons (Fsp3) is 0.579. The van der Waals surface area contributed by atoms with Crippen molar-refractivity contribution in [3.8, 4) is 0 Å². The minimum atomic E-state index is -0.334. The standard InChI is InChI=1S/C19H28N2O2S2/c1-14-16(18(22)23-2)10-6-11-17(14)21-19(24)20-12-7-13-25-15-8-4-3-5-9-15/h6,10-11,15H,3-5,7-9,12-13H2,1-2H3,(H2,20,21,24). The highest BCUT2D eigenvalue weighted by molar-refractivity contribution is 7.99. The van der Waals surface area contributed by atoms with E-state index in [0.29, 0.717) is 10.7 Å². The first-order chi connectivity index (χ1) is 12.1. The van der Waals surface area contributed by atoms with Crippen molar-refractivity contribution in [3.63, 3.8) is 0 Å². The van der Waals surface area contributed by atoms with Gasteiger partial charge in [0.25, 0.3) is 0 Å². The maximum atomic E-state index is 11.7. The van der Waals surface area contributed by atoms with Crippen molar-refractivity contribution in [1.29, 1.82) is 0 Å². The van der Waals surface area contributed by atoms with Gasteiger partial charge in [-0.15, -0.1) is 0 Å². The van der Waals surface area contributed by atoms with E-state index in [4.69, 9.17) is 17.0 Å². The summed E-state index contributed by atoms with van der Waals surface area (Å²) in [4.78, 5) is 11.7. The summed E-state index contributed by atoms with van der Waals surface area (Å²) in [5.41, 5.74) is 2.22. The zero-order valence-electron chi connectivity index (χ0n) is 15.1. The van der Waals surface area contributed by atoms with Gasteiger partial charge in [-0.2, -0.15) is 11.8 Å². The number of hydrogen-bond donors (Lipinski definition) is 2. The van der Waals surface area contributed by atoms with E-state index >= 15 is 0 Å². The largest absolute Gasteiger partial charge is 0.465 e. The minimum Gasteiger partial charge on any atom is -0.465 e. The lowest BCUT2D eigenvalue weighted by atomic mass is 10.0. The molecule has 0 aromatic heterocycles. The second-order valence-corrected chi connectivity index (χ2v) is 8.15. The Morgan fingerprint density at radius 1 is 1.32 bits per heavy atom. The Kier molecular flexibility index (Phi) is 8.55. The van der Waals surface area contributed by atoms with Crippen LogP contribution in [0, 0.1) is 6.92 Å². The second kappa shape index (κ2) is 10.7. The summed E-state index contributed by atoms with van der Waals surface area (Å²) in [5, 5.41) is 7.88. The summed E-state index contributed by atoms with van der Waals surface area (Å²) in [6.07, 6.45) is 8.07. The molecule has 0 atom stereocenters. The lowest BCUT2D eigenvalue weighted by Crippen LogP contribution is -2.30. The van der Waals surface area contributed by atoms with Crippen LogP contribution < -0.4 is 10.6 Å². The predicted octanol–water partition coefficient (Wildman–Crippen LogP) is 4.52. The van der Waals surface area contributed by atoms with Gasteiger partial charge in [-0.3, -0.25) is 0 Å². The zero-order valence-corrected chi connectivity index (χ0v) is 16.7. The first-order valence-electron chi connectivity index (χ1n) is 8.96. The van der Waals surface area contributed by atoms with E-state index in [9.17, 15) is 4.79 Å². The van der Waals surface area contributed by atoms with Crippen molar-refractivity contribution in [2.75, 3.05) is 24.7 Å². The van der Waals surface area contributed by atoms with E-state index in [0.717, 1.165) is 29.5 Å². The Hall–Kier alpha value is -1.27. The molecule has 4 nitrogen and oxygen atoms in total. The van der Waals surface area contributed by atoms with Crippen LogP contribution in [-0.4, -0.2) is 35.7 Å². The van der Waals surface area contributed by atoms with Crippen LogP contribution in [0.3, 0.4) is 0 Å². The molecule has 1 aromatic carbocycles. The number of nitrogens with one attached hydrogen (secondary N) is 2. The van der Waals surface area contributed by atoms with E-state index < -0.39 is 0 Å². The molecule has 0 amide bonds. The van der Waals surface area contributed by atoms with Crippen molar-refractivity contribution in [3.05, 3.63) is 29.3 Å². The Morgan fingerprint density at radius 2 is 2.08 bits per heavy atom. The van der Waals surface area contributed by atoms with Gasteiger partial charge in [0.05, 0.1) is 12.7 Å². The van der Waals surface area contributed by atoms with Crippen molar-refractivity contribution in [2.24, 2.45) is 0 Å². The molecule has 138 valence electrons. The fourth-order valence-electron chi connectivity index (χ4n) is 3.02. The first kappa shape index (κ1) is 20.0. The summed E-state index contributed by atoms with van der Waals surface area (Å²) in [7, 11) is 1.39. The number of benzene rings is 1. The third kappa shape index (κ3) is 6.51. The molecule has 1 aliphatic rings. The number of hydrogen-bond acceptors (Lipinski definition) is 4. The number of carbonyl (C=O) groups excluding carboxylic acids is 1. The predicted molar refractivity (Wildman–Crippen MR) is 111 cm³/mol. The van der Waals surface area contributed by atoms with Crippen LogP contribution in [-0.2, 0) is 4.74 Å². The van der Waals surface area contributed by atoms with Gasteiger partial charge in [-0.05, 0) is 61.9 Å². The normalized spacial score (nSPS) is 14.8. The molecular weight excluding hydrogens is 352 g/mol. The minimum absolute atomic E-state index is 0.334. The highest BCUT2D eigenvalue weighted by atomic mass is 32.2. The van der Waals surface area contributed by atoms with Crippen molar-refractivity contribution >= 4 is 40.7 Å². The van der Waals surface area contributed by atoms with Crippen molar-refractivity contribution in [2.45, 2.75) is 50.7 Å². The van der Waals surface area contributed by atoms with Crippen LogP contribution in [0.4, 0.5) is 5.69 Å². The average molecular weight is 381 g/mol. The summed E-state index contributed by atoms with van der Waals surface area (Å²) in [5.74, 6) is 0.844. The van der Waals surface area contributed by atoms with Gasteiger partial charge in [0, 0.05) is 17.5 Å². The van der Waals surface area contributed by atoms with Gasteiger partial charge >= 0.3 is 5.97 Å². The number of carbonyl (C=O) groups is 1. The summed E-state index contributed by atoms with van der Waals surface area (Å²) < 4.78 is 4.80. The molecule has 1 fully saturated rings.